The second kappa shape index (κ2) is 10.3. The fourth-order valence-electron chi connectivity index (χ4n) is 3.34. The van der Waals surface area contributed by atoms with E-state index in [0.717, 1.165) is 18.7 Å². The zero-order chi connectivity index (χ0) is 21.3. The van der Waals surface area contributed by atoms with Crippen LogP contribution in [0.2, 0.25) is 0 Å². The number of nitrogens with one attached hydrogen (secondary N) is 2. The summed E-state index contributed by atoms with van der Waals surface area (Å²) in [5, 5.41) is 5.85. The van der Waals surface area contributed by atoms with Crippen molar-refractivity contribution in [2.45, 2.75) is 19.9 Å². The summed E-state index contributed by atoms with van der Waals surface area (Å²) in [7, 11) is 0. The highest BCUT2D eigenvalue weighted by molar-refractivity contribution is 6.04. The number of benzene rings is 2. The highest BCUT2D eigenvalue weighted by Gasteiger charge is 2.25. The van der Waals surface area contributed by atoms with Gasteiger partial charge in [-0.25, -0.2) is 0 Å². The second-order valence-corrected chi connectivity index (χ2v) is 6.79. The van der Waals surface area contributed by atoms with E-state index in [1.54, 1.807) is 42.7 Å². The lowest BCUT2D eigenvalue weighted by molar-refractivity contribution is -0.121. The highest BCUT2D eigenvalue weighted by Crippen LogP contribution is 2.24. The van der Waals surface area contributed by atoms with Crippen LogP contribution >= 0.6 is 0 Å². The van der Waals surface area contributed by atoms with Gasteiger partial charge in [0.05, 0.1) is 0 Å². The number of likely N-dealkylation sites (N-methyl/N-ethyl adjacent to an activating group) is 1. The highest BCUT2D eigenvalue weighted by atomic mass is 16.2. The number of aromatic nitrogens is 1. The minimum atomic E-state index is -0.392. The predicted molar refractivity (Wildman–Crippen MR) is 119 cm³/mol. The fourth-order valence-corrected chi connectivity index (χ4v) is 3.34. The maximum absolute atomic E-state index is 13.2. The average Bonchev–Trinajstić information content (AvgIpc) is 2.78. The molecule has 1 heterocycles. The third-order valence-corrected chi connectivity index (χ3v) is 4.87. The minimum absolute atomic E-state index is 0.109. The molecule has 0 bridgehead atoms. The lowest BCUT2D eigenvalue weighted by atomic mass is 10.0. The van der Waals surface area contributed by atoms with Gasteiger partial charge in [-0.05, 0) is 49.0 Å². The van der Waals surface area contributed by atoms with Gasteiger partial charge in [-0.2, -0.15) is 0 Å². The molecule has 6 heteroatoms. The summed E-state index contributed by atoms with van der Waals surface area (Å²) < 4.78 is 0. The van der Waals surface area contributed by atoms with Gasteiger partial charge in [0.15, 0.2) is 0 Å². The van der Waals surface area contributed by atoms with Gasteiger partial charge in [-0.1, -0.05) is 50.2 Å². The molecule has 154 valence electrons. The Bertz CT molecular complexity index is 973. The smallest absolute Gasteiger partial charge is 0.255 e. The Kier molecular flexibility index (Phi) is 7.29. The van der Waals surface area contributed by atoms with Gasteiger partial charge < -0.3 is 10.6 Å². The van der Waals surface area contributed by atoms with Gasteiger partial charge in [0.2, 0.25) is 5.91 Å². The first-order chi connectivity index (χ1) is 14.6. The van der Waals surface area contributed by atoms with E-state index in [9.17, 15) is 9.59 Å². The van der Waals surface area contributed by atoms with Crippen molar-refractivity contribution in [1.82, 2.24) is 9.88 Å². The van der Waals surface area contributed by atoms with Crippen LogP contribution in [0.4, 0.5) is 11.4 Å². The summed E-state index contributed by atoms with van der Waals surface area (Å²) in [6, 6.07) is 19.8. The maximum Gasteiger partial charge on any atom is 0.255 e. The topological polar surface area (TPSA) is 74.3 Å². The Morgan fingerprint density at radius 3 is 2.13 bits per heavy atom. The second-order valence-electron chi connectivity index (χ2n) is 6.79. The van der Waals surface area contributed by atoms with Crippen molar-refractivity contribution < 1.29 is 9.59 Å². The molecule has 0 saturated carbocycles. The van der Waals surface area contributed by atoms with Crippen LogP contribution in [0.15, 0.2) is 79.1 Å². The van der Waals surface area contributed by atoms with Crippen LogP contribution < -0.4 is 10.6 Å². The molecule has 0 saturated heterocycles. The van der Waals surface area contributed by atoms with Crippen molar-refractivity contribution in [2.75, 3.05) is 23.7 Å². The first-order valence-electron chi connectivity index (χ1n) is 10.0. The van der Waals surface area contributed by atoms with Crippen molar-refractivity contribution >= 4 is 23.2 Å². The number of amides is 2. The summed E-state index contributed by atoms with van der Waals surface area (Å²) in [6.07, 6.45) is 3.14. The number of carbonyl (C=O) groups is 2. The largest absolute Gasteiger partial charge is 0.324 e. The van der Waals surface area contributed by atoms with Gasteiger partial charge in [0, 0.05) is 29.3 Å². The van der Waals surface area contributed by atoms with E-state index in [4.69, 9.17) is 0 Å². The molecule has 0 spiro atoms. The Morgan fingerprint density at radius 2 is 1.50 bits per heavy atom. The van der Waals surface area contributed by atoms with Crippen LogP contribution in [0.1, 0.15) is 35.8 Å². The quantitative estimate of drug-likeness (QED) is 0.587. The van der Waals surface area contributed by atoms with Crippen LogP contribution in [0.25, 0.3) is 0 Å². The molecule has 2 amide bonds. The van der Waals surface area contributed by atoms with E-state index in [2.05, 4.69) is 20.5 Å². The van der Waals surface area contributed by atoms with E-state index < -0.39 is 6.04 Å². The van der Waals surface area contributed by atoms with Gasteiger partial charge >= 0.3 is 0 Å². The first kappa shape index (κ1) is 21.2. The van der Waals surface area contributed by atoms with Crippen molar-refractivity contribution in [3.05, 3.63) is 90.3 Å². The molecule has 0 aliphatic rings. The summed E-state index contributed by atoms with van der Waals surface area (Å²) in [4.78, 5) is 31.6. The van der Waals surface area contributed by atoms with E-state index in [0.29, 0.717) is 16.9 Å². The van der Waals surface area contributed by atoms with E-state index in [1.165, 1.54) is 0 Å². The SMILES string of the molecule is CCN(CC)C(C(=O)Nc1cccc(NC(=O)c2ccncc2)c1)c1ccccc1. The van der Waals surface area contributed by atoms with E-state index in [-0.39, 0.29) is 11.8 Å². The van der Waals surface area contributed by atoms with Crippen LogP contribution in [0.5, 0.6) is 0 Å². The fraction of sp³-hybridized carbons (Fsp3) is 0.208. The molecule has 1 atom stereocenters. The average molecular weight is 402 g/mol. The summed E-state index contributed by atoms with van der Waals surface area (Å²) in [6.45, 7) is 5.60. The zero-order valence-electron chi connectivity index (χ0n) is 17.2. The molecule has 0 fully saturated rings. The van der Waals surface area contributed by atoms with Crippen molar-refractivity contribution in [3.8, 4) is 0 Å². The van der Waals surface area contributed by atoms with Gasteiger partial charge in [-0.3, -0.25) is 19.5 Å². The zero-order valence-corrected chi connectivity index (χ0v) is 17.2. The molecule has 2 aromatic carbocycles. The van der Waals surface area contributed by atoms with Crippen molar-refractivity contribution in [1.29, 1.82) is 0 Å². The molecule has 2 N–H and O–H groups in total. The molecule has 6 nitrogen and oxygen atoms in total. The predicted octanol–water partition coefficient (Wildman–Crippen LogP) is 4.36. The molecule has 3 aromatic rings. The third-order valence-electron chi connectivity index (χ3n) is 4.87. The van der Waals surface area contributed by atoms with Crippen molar-refractivity contribution in [2.24, 2.45) is 0 Å². The molecular weight excluding hydrogens is 376 g/mol. The van der Waals surface area contributed by atoms with Gasteiger partial charge in [-0.15, -0.1) is 0 Å². The number of hydrogen-bond acceptors (Lipinski definition) is 4. The minimum Gasteiger partial charge on any atom is -0.324 e. The van der Waals surface area contributed by atoms with Gasteiger partial charge in [0.1, 0.15) is 6.04 Å². The third kappa shape index (κ3) is 5.30. The monoisotopic (exact) mass is 402 g/mol. The summed E-state index contributed by atoms with van der Waals surface area (Å²) in [5.74, 6) is -0.339. The van der Waals surface area contributed by atoms with E-state index >= 15 is 0 Å². The summed E-state index contributed by atoms with van der Waals surface area (Å²) in [5.41, 5.74) is 2.69. The number of anilines is 2. The van der Waals surface area contributed by atoms with Crippen LogP contribution in [-0.2, 0) is 4.79 Å². The van der Waals surface area contributed by atoms with E-state index in [1.807, 2.05) is 50.2 Å². The first-order valence-corrected chi connectivity index (χ1v) is 10.0. The lowest BCUT2D eigenvalue weighted by Crippen LogP contribution is -2.37. The normalized spacial score (nSPS) is 11.7. The Labute approximate surface area is 177 Å². The standard InChI is InChI=1S/C24H26N4O2/c1-3-28(4-2)22(18-9-6-5-7-10-18)24(30)27-21-12-8-11-20(17-21)26-23(29)19-13-15-25-16-14-19/h5-17,22H,3-4H2,1-2H3,(H,26,29)(H,27,30). The number of hydrogen-bond donors (Lipinski definition) is 2. The Hall–Kier alpha value is -3.51. The number of pyridine rings is 1. The van der Waals surface area contributed by atoms with Crippen LogP contribution in [-0.4, -0.2) is 34.8 Å². The van der Waals surface area contributed by atoms with Gasteiger partial charge in [0.25, 0.3) is 5.91 Å². The maximum atomic E-state index is 13.2. The molecule has 0 radical (unpaired) electrons. The van der Waals surface area contributed by atoms with Crippen molar-refractivity contribution in [3.63, 3.8) is 0 Å². The molecule has 0 aliphatic carbocycles. The Balaban J connectivity index is 1.76. The Morgan fingerprint density at radius 1 is 0.867 bits per heavy atom. The number of nitrogens with zero attached hydrogens (tertiary/aromatic N) is 2. The van der Waals surface area contributed by atoms with Crippen LogP contribution in [0, 0.1) is 0 Å². The summed E-state index contributed by atoms with van der Waals surface area (Å²) >= 11 is 0. The molecule has 1 unspecified atom stereocenters. The lowest BCUT2D eigenvalue weighted by Gasteiger charge is -2.29. The molecule has 0 aliphatic heterocycles. The number of rotatable bonds is 8. The molecule has 3 rings (SSSR count). The van der Waals surface area contributed by atoms with Crippen LogP contribution in [0.3, 0.4) is 0 Å². The molecular formula is C24H26N4O2. The molecule has 30 heavy (non-hydrogen) atoms. The molecule has 1 aromatic heterocycles. The number of carbonyl (C=O) groups excluding carboxylic acids is 2.